The van der Waals surface area contributed by atoms with Gasteiger partial charge in [-0.1, -0.05) is 70.2 Å². The summed E-state index contributed by atoms with van der Waals surface area (Å²) in [6.07, 6.45) is 0. The van der Waals surface area contributed by atoms with Gasteiger partial charge >= 0.3 is 0 Å². The Hall–Kier alpha value is -2.72. The Morgan fingerprint density at radius 3 is 1.89 bits per heavy atom. The third kappa shape index (κ3) is 7.59. The van der Waals surface area contributed by atoms with Gasteiger partial charge in [0.25, 0.3) is 0 Å². The highest BCUT2D eigenvalue weighted by atomic mass is 16.3. The fourth-order valence-corrected chi connectivity index (χ4v) is 2.18. The second-order valence-corrected chi connectivity index (χ2v) is 5.15. The number of aromatic hydroxyl groups is 1. The molecule has 27 heavy (non-hydrogen) atoms. The largest absolute Gasteiger partial charge is 0.505 e. The number of hydrogen-bond acceptors (Lipinski definition) is 4. The van der Waals surface area contributed by atoms with Crippen LogP contribution >= 0.6 is 0 Å². The maximum atomic E-state index is 10.4. The average molecular weight is 368 g/mol. The summed E-state index contributed by atoms with van der Waals surface area (Å²) >= 11 is 0. The molecule has 0 amide bonds. The first-order valence-corrected chi connectivity index (χ1v) is 9.44. The van der Waals surface area contributed by atoms with Gasteiger partial charge in [0, 0.05) is 5.39 Å². The summed E-state index contributed by atoms with van der Waals surface area (Å²) in [7, 11) is 3.75. The lowest BCUT2D eigenvalue weighted by molar-refractivity contribution is 0.482. The second kappa shape index (κ2) is 14.4. The molecule has 0 unspecified atom stereocenters. The number of rotatable bonds is 2. The summed E-state index contributed by atoms with van der Waals surface area (Å²) in [5.41, 5.74) is 2.19. The molecule has 0 radical (unpaired) electrons. The molecule has 0 saturated heterocycles. The molecule has 0 bridgehead atoms. The molecule has 4 heteroatoms. The topological polar surface area (TPSA) is 57.0 Å². The molecule has 0 heterocycles. The van der Waals surface area contributed by atoms with Crippen LogP contribution in [0.1, 0.15) is 33.3 Å². The van der Waals surface area contributed by atoms with E-state index >= 15 is 0 Å². The smallest absolute Gasteiger partial charge is 0.151 e. The van der Waals surface area contributed by atoms with Crippen LogP contribution < -0.4 is 5.32 Å². The van der Waals surface area contributed by atoms with Crippen LogP contribution in [0.15, 0.2) is 70.9 Å². The van der Waals surface area contributed by atoms with Crippen molar-refractivity contribution in [1.29, 1.82) is 0 Å². The Bertz CT molecular complexity index is 799. The Balaban J connectivity index is 0.000000860. The molecule has 0 fully saturated rings. The van der Waals surface area contributed by atoms with E-state index in [1.807, 2.05) is 109 Å². The van der Waals surface area contributed by atoms with Crippen LogP contribution in [0.3, 0.4) is 0 Å². The van der Waals surface area contributed by atoms with Gasteiger partial charge in [0.2, 0.25) is 0 Å². The maximum Gasteiger partial charge on any atom is 0.151 e. The van der Waals surface area contributed by atoms with Crippen molar-refractivity contribution in [3.8, 4) is 5.75 Å². The number of nitrogens with zero attached hydrogens (tertiary/aromatic N) is 2. The van der Waals surface area contributed by atoms with Crippen molar-refractivity contribution in [2.75, 3.05) is 14.1 Å². The van der Waals surface area contributed by atoms with Gasteiger partial charge in [0.05, 0.1) is 5.69 Å². The van der Waals surface area contributed by atoms with Crippen LogP contribution in [-0.4, -0.2) is 19.2 Å². The van der Waals surface area contributed by atoms with E-state index in [0.717, 1.165) is 22.0 Å². The number of azo groups is 1. The quantitative estimate of drug-likeness (QED) is 0.472. The standard InChI is InChI=1S/C17H14N2O.C2H7N.2C2H6/c1-12-11-13-7-5-6-10-15(13)17(20)16(12)19-18-14-8-3-2-4-9-14;1-3-2;2*1-2/h2-11,20H,1H3;3H,1-2H3;2*1-2H3. The first kappa shape index (κ1) is 24.3. The number of phenols is 1. The molecule has 0 aliphatic carbocycles. The normalized spacial score (nSPS) is 9.44. The van der Waals surface area contributed by atoms with E-state index in [9.17, 15) is 5.11 Å². The molecule has 4 nitrogen and oxygen atoms in total. The lowest BCUT2D eigenvalue weighted by Crippen LogP contribution is -1.89. The van der Waals surface area contributed by atoms with Gasteiger partial charge in [0.1, 0.15) is 5.69 Å². The van der Waals surface area contributed by atoms with Gasteiger partial charge in [0.15, 0.2) is 5.75 Å². The highest BCUT2D eigenvalue weighted by molar-refractivity contribution is 5.93. The maximum absolute atomic E-state index is 10.4. The number of nitrogens with one attached hydrogen (secondary N) is 1. The molecule has 0 aliphatic rings. The van der Waals surface area contributed by atoms with Gasteiger partial charge in [-0.2, -0.15) is 5.11 Å². The van der Waals surface area contributed by atoms with Crippen molar-refractivity contribution in [3.63, 3.8) is 0 Å². The molecule has 0 atom stereocenters. The fraction of sp³-hybridized carbons (Fsp3) is 0.304. The molecule has 2 N–H and O–H groups in total. The van der Waals surface area contributed by atoms with Crippen molar-refractivity contribution >= 4 is 22.1 Å². The van der Waals surface area contributed by atoms with E-state index in [2.05, 4.69) is 15.5 Å². The van der Waals surface area contributed by atoms with Crippen molar-refractivity contribution in [1.82, 2.24) is 5.32 Å². The number of benzene rings is 3. The number of fused-ring (bicyclic) bond motifs is 1. The minimum Gasteiger partial charge on any atom is -0.505 e. The molecule has 3 aromatic rings. The predicted octanol–water partition coefficient (Wildman–Crippen LogP) is 7.16. The zero-order chi connectivity index (χ0) is 20.7. The SMILES string of the molecule is CC.CC.CNC.Cc1cc2ccccc2c(O)c1N=Nc1ccccc1. The average Bonchev–Trinajstić information content (AvgIpc) is 2.72. The molecule has 0 spiro atoms. The van der Waals surface area contributed by atoms with Gasteiger partial charge in [-0.05, 0) is 50.2 Å². The highest BCUT2D eigenvalue weighted by Crippen LogP contribution is 2.38. The molecule has 3 aromatic carbocycles. The summed E-state index contributed by atoms with van der Waals surface area (Å²) in [4.78, 5) is 0. The van der Waals surface area contributed by atoms with Crippen molar-refractivity contribution in [3.05, 3.63) is 66.2 Å². The van der Waals surface area contributed by atoms with Gasteiger partial charge in [-0.3, -0.25) is 0 Å². The van der Waals surface area contributed by atoms with E-state index < -0.39 is 0 Å². The summed E-state index contributed by atoms with van der Waals surface area (Å²) in [5.74, 6) is 0.181. The first-order valence-electron chi connectivity index (χ1n) is 9.44. The van der Waals surface area contributed by atoms with Crippen LogP contribution in [0, 0.1) is 6.92 Å². The van der Waals surface area contributed by atoms with Gasteiger partial charge < -0.3 is 10.4 Å². The van der Waals surface area contributed by atoms with Gasteiger partial charge in [-0.25, -0.2) is 0 Å². The van der Waals surface area contributed by atoms with Crippen LogP contribution in [0.25, 0.3) is 10.8 Å². The summed E-state index contributed by atoms with van der Waals surface area (Å²) in [6, 6.07) is 19.2. The van der Waals surface area contributed by atoms with E-state index in [-0.39, 0.29) is 5.75 Å². The molecular formula is C23H33N3O. The third-order valence-electron chi connectivity index (χ3n) is 3.21. The number of hydrogen-bond donors (Lipinski definition) is 2. The summed E-state index contributed by atoms with van der Waals surface area (Å²) < 4.78 is 0. The van der Waals surface area contributed by atoms with Crippen LogP contribution in [0.5, 0.6) is 5.75 Å². The zero-order valence-electron chi connectivity index (χ0n) is 17.6. The minimum absolute atomic E-state index is 0.181. The van der Waals surface area contributed by atoms with E-state index in [1.54, 1.807) is 0 Å². The summed E-state index contributed by atoms with van der Waals surface area (Å²) in [6.45, 7) is 9.92. The minimum atomic E-state index is 0.181. The zero-order valence-corrected chi connectivity index (χ0v) is 17.6. The molecule has 0 saturated carbocycles. The van der Waals surface area contributed by atoms with E-state index in [0.29, 0.717) is 5.69 Å². The van der Waals surface area contributed by atoms with Crippen LogP contribution in [0.2, 0.25) is 0 Å². The number of aryl methyl sites for hydroxylation is 1. The molecule has 0 aromatic heterocycles. The first-order chi connectivity index (χ1) is 13.2. The summed E-state index contributed by atoms with van der Waals surface area (Å²) in [5, 5.41) is 23.3. The molecule has 146 valence electrons. The van der Waals surface area contributed by atoms with Crippen molar-refractivity contribution in [2.45, 2.75) is 34.6 Å². The van der Waals surface area contributed by atoms with Gasteiger partial charge in [-0.15, -0.1) is 5.11 Å². The Labute approximate surface area is 164 Å². The molecule has 3 rings (SSSR count). The van der Waals surface area contributed by atoms with E-state index in [4.69, 9.17) is 0 Å². The van der Waals surface area contributed by atoms with Crippen LogP contribution in [0.4, 0.5) is 11.4 Å². The fourth-order valence-electron chi connectivity index (χ4n) is 2.18. The van der Waals surface area contributed by atoms with Crippen molar-refractivity contribution < 1.29 is 5.11 Å². The Morgan fingerprint density at radius 1 is 0.778 bits per heavy atom. The monoisotopic (exact) mass is 367 g/mol. The lowest BCUT2D eigenvalue weighted by Gasteiger charge is -2.07. The second-order valence-electron chi connectivity index (χ2n) is 5.15. The lowest BCUT2D eigenvalue weighted by atomic mass is 10.0. The molecular weight excluding hydrogens is 334 g/mol. The van der Waals surface area contributed by atoms with Crippen LogP contribution in [-0.2, 0) is 0 Å². The van der Waals surface area contributed by atoms with Crippen molar-refractivity contribution in [2.24, 2.45) is 10.2 Å². The highest BCUT2D eigenvalue weighted by Gasteiger charge is 2.09. The van der Waals surface area contributed by atoms with E-state index in [1.165, 1.54) is 0 Å². The predicted molar refractivity (Wildman–Crippen MR) is 119 cm³/mol. The number of phenolic OH excluding ortho intramolecular Hbond substituents is 1. The molecule has 0 aliphatic heterocycles. The Kier molecular flexibility index (Phi) is 13.0. The third-order valence-corrected chi connectivity index (χ3v) is 3.21. The Morgan fingerprint density at radius 2 is 1.30 bits per heavy atom.